The molecule has 0 radical (unpaired) electrons. The van der Waals surface area contributed by atoms with Gasteiger partial charge in [-0.2, -0.15) is 5.10 Å². The van der Waals surface area contributed by atoms with Crippen molar-refractivity contribution in [1.82, 2.24) is 14.7 Å². The molecule has 2 aliphatic rings. The molecule has 31 heavy (non-hydrogen) atoms. The maximum atomic E-state index is 13.2. The number of aromatic nitrogens is 2. The average molecular weight is 438 g/mol. The summed E-state index contributed by atoms with van der Waals surface area (Å²) in [6.07, 6.45) is 6.27. The van der Waals surface area contributed by atoms with Gasteiger partial charge in [0.2, 0.25) is 0 Å². The Labute approximate surface area is 186 Å². The highest BCUT2D eigenvalue weighted by Gasteiger charge is 2.40. The molecule has 7 heteroatoms. The van der Waals surface area contributed by atoms with Crippen molar-refractivity contribution in [3.8, 4) is 11.4 Å². The van der Waals surface area contributed by atoms with Crippen molar-refractivity contribution in [2.45, 2.75) is 44.4 Å². The topological polar surface area (TPSA) is 67.6 Å². The summed E-state index contributed by atoms with van der Waals surface area (Å²) < 4.78 is 7.45. The van der Waals surface area contributed by atoms with Gasteiger partial charge in [0.1, 0.15) is 5.75 Å². The second kappa shape index (κ2) is 8.02. The Morgan fingerprint density at radius 1 is 1.26 bits per heavy atom. The molecule has 6 nitrogen and oxygen atoms in total. The van der Waals surface area contributed by atoms with Gasteiger partial charge < -0.3 is 14.7 Å². The number of fused-ring (bicyclic) bond motifs is 1. The van der Waals surface area contributed by atoms with E-state index in [9.17, 15) is 9.90 Å². The fourth-order valence-electron chi connectivity index (χ4n) is 4.78. The van der Waals surface area contributed by atoms with E-state index < -0.39 is 6.10 Å². The van der Waals surface area contributed by atoms with Gasteiger partial charge in [0.15, 0.2) is 0 Å². The zero-order valence-electron chi connectivity index (χ0n) is 17.3. The van der Waals surface area contributed by atoms with Crippen LogP contribution in [0, 0.1) is 0 Å². The van der Waals surface area contributed by atoms with Crippen LogP contribution in [-0.2, 0) is 13.0 Å². The molecular weight excluding hydrogens is 414 g/mol. The number of methoxy groups -OCH3 is 1. The molecule has 0 bridgehead atoms. The van der Waals surface area contributed by atoms with Gasteiger partial charge in [-0.3, -0.25) is 4.79 Å². The summed E-state index contributed by atoms with van der Waals surface area (Å²) in [5, 5.41) is 15.0. The molecular formula is C24H24ClN3O3. The predicted octanol–water partition coefficient (Wildman–Crippen LogP) is 3.99. The molecule has 1 aliphatic carbocycles. The molecule has 0 spiro atoms. The van der Waals surface area contributed by atoms with Crippen LogP contribution in [0.5, 0.6) is 5.75 Å². The van der Waals surface area contributed by atoms with Gasteiger partial charge in [-0.15, -0.1) is 0 Å². The number of hydrogen-bond donors (Lipinski definition) is 1. The van der Waals surface area contributed by atoms with Crippen LogP contribution < -0.4 is 4.74 Å². The Morgan fingerprint density at radius 2 is 2.06 bits per heavy atom. The minimum absolute atomic E-state index is 0.0548. The van der Waals surface area contributed by atoms with Crippen LogP contribution in [-0.4, -0.2) is 44.9 Å². The van der Waals surface area contributed by atoms with Gasteiger partial charge in [-0.05, 0) is 49.1 Å². The third kappa shape index (κ3) is 3.50. The molecule has 1 aromatic heterocycles. The van der Waals surface area contributed by atoms with E-state index in [2.05, 4.69) is 5.10 Å². The fourth-order valence-corrected chi connectivity index (χ4v) is 5.14. The average Bonchev–Trinajstić information content (AvgIpc) is 3.51. The molecule has 2 atom stereocenters. The summed E-state index contributed by atoms with van der Waals surface area (Å²) in [7, 11) is 1.60. The first kappa shape index (κ1) is 20.1. The van der Waals surface area contributed by atoms with E-state index in [0.717, 1.165) is 41.6 Å². The number of carbonyl (C=O) groups is 1. The number of nitrogens with zero attached hydrogens (tertiary/aromatic N) is 3. The van der Waals surface area contributed by atoms with Gasteiger partial charge in [-0.25, -0.2) is 4.68 Å². The molecule has 3 aromatic rings. The summed E-state index contributed by atoms with van der Waals surface area (Å²) in [4.78, 5) is 14.9. The van der Waals surface area contributed by atoms with Crippen LogP contribution in [0.2, 0.25) is 5.02 Å². The lowest BCUT2D eigenvalue weighted by molar-refractivity contribution is 0.0479. The van der Waals surface area contributed by atoms with Crippen LogP contribution in [0.15, 0.2) is 48.8 Å². The molecule has 5 rings (SSSR count). The monoisotopic (exact) mass is 437 g/mol. The summed E-state index contributed by atoms with van der Waals surface area (Å²) in [5.74, 6) is 0.555. The Balaban J connectivity index is 1.45. The lowest BCUT2D eigenvalue weighted by Gasteiger charge is -2.26. The maximum Gasteiger partial charge on any atom is 0.254 e. The first-order valence-electron chi connectivity index (χ1n) is 10.5. The second-order valence-corrected chi connectivity index (χ2v) is 8.58. The zero-order chi connectivity index (χ0) is 21.5. The molecule has 1 N–H and O–H groups in total. The van der Waals surface area contributed by atoms with Gasteiger partial charge in [0.25, 0.3) is 5.91 Å². The number of ether oxygens (including phenoxy) is 1. The maximum absolute atomic E-state index is 13.2. The molecule has 160 valence electrons. The molecule has 2 aromatic carbocycles. The first-order valence-corrected chi connectivity index (χ1v) is 10.9. The van der Waals surface area contributed by atoms with E-state index in [1.54, 1.807) is 22.9 Å². The van der Waals surface area contributed by atoms with Crippen molar-refractivity contribution in [2.75, 3.05) is 7.11 Å². The van der Waals surface area contributed by atoms with Gasteiger partial charge >= 0.3 is 0 Å². The number of amides is 1. The first-order chi connectivity index (χ1) is 15.1. The molecule has 1 amide bonds. The van der Waals surface area contributed by atoms with E-state index in [1.807, 2.05) is 42.6 Å². The van der Waals surface area contributed by atoms with Gasteiger partial charge in [-0.1, -0.05) is 23.7 Å². The quantitative estimate of drug-likeness (QED) is 0.655. The van der Waals surface area contributed by atoms with Crippen molar-refractivity contribution in [3.05, 3.63) is 76.1 Å². The highest BCUT2D eigenvalue weighted by atomic mass is 35.5. The summed E-state index contributed by atoms with van der Waals surface area (Å²) >= 11 is 6.71. The number of carbonyl (C=O) groups excluding carboxylic acids is 1. The summed E-state index contributed by atoms with van der Waals surface area (Å²) in [6.45, 7) is 0.421. The number of halogens is 1. The van der Waals surface area contributed by atoms with E-state index in [1.165, 1.54) is 0 Å². The minimum atomic E-state index is -0.466. The summed E-state index contributed by atoms with van der Waals surface area (Å²) in [5.41, 5.74) is 4.35. The highest BCUT2D eigenvalue weighted by Crippen LogP contribution is 2.41. The lowest BCUT2D eigenvalue weighted by Crippen LogP contribution is -2.40. The van der Waals surface area contributed by atoms with E-state index in [-0.39, 0.29) is 11.9 Å². The number of benzene rings is 2. The van der Waals surface area contributed by atoms with E-state index >= 15 is 0 Å². The smallest absolute Gasteiger partial charge is 0.254 e. The lowest BCUT2D eigenvalue weighted by atomic mass is 9.98. The number of aliphatic hydroxyl groups is 1. The molecule has 1 fully saturated rings. The van der Waals surface area contributed by atoms with Crippen LogP contribution in [0.25, 0.3) is 5.69 Å². The Kier molecular flexibility index (Phi) is 5.20. The number of hydrogen-bond acceptors (Lipinski definition) is 4. The second-order valence-electron chi connectivity index (χ2n) is 8.20. The van der Waals surface area contributed by atoms with Gasteiger partial charge in [0, 0.05) is 42.0 Å². The Bertz CT molecular complexity index is 1110. The summed E-state index contributed by atoms with van der Waals surface area (Å²) in [6, 6.07) is 11.8. The van der Waals surface area contributed by atoms with Crippen LogP contribution in [0.4, 0.5) is 0 Å². The third-order valence-corrected chi connectivity index (χ3v) is 6.77. The Morgan fingerprint density at radius 3 is 2.71 bits per heavy atom. The molecule has 1 saturated carbocycles. The molecule has 0 saturated heterocycles. The van der Waals surface area contributed by atoms with Crippen LogP contribution in [0.1, 0.15) is 46.3 Å². The van der Waals surface area contributed by atoms with Crippen molar-refractivity contribution in [2.24, 2.45) is 0 Å². The standard InChI is InChI=1S/C24H24ClN3O3/c1-31-23-16(12-15-6-8-17(9-7-15)28-11-3-10-26-28)13-18-19(22(23)25)14-27(24(18)30)20-4-2-5-21(20)29/h3,6-11,13,20-21,29H,2,4-5,12,14H2,1H3/t20-,21-/m1/s1. The van der Waals surface area contributed by atoms with Crippen LogP contribution in [0.3, 0.4) is 0 Å². The van der Waals surface area contributed by atoms with Crippen molar-refractivity contribution >= 4 is 17.5 Å². The molecule has 0 unspecified atom stereocenters. The zero-order valence-corrected chi connectivity index (χ0v) is 18.0. The van der Waals surface area contributed by atoms with Gasteiger partial charge in [0.05, 0.1) is 30.0 Å². The fraction of sp³-hybridized carbons (Fsp3) is 0.333. The normalized spacial score (nSPS) is 20.4. The largest absolute Gasteiger partial charge is 0.495 e. The van der Waals surface area contributed by atoms with E-state index in [4.69, 9.17) is 16.3 Å². The number of aliphatic hydroxyl groups excluding tert-OH is 1. The van der Waals surface area contributed by atoms with E-state index in [0.29, 0.717) is 29.3 Å². The molecule has 1 aliphatic heterocycles. The third-order valence-electron chi connectivity index (χ3n) is 6.37. The number of rotatable bonds is 5. The van der Waals surface area contributed by atoms with Crippen molar-refractivity contribution in [3.63, 3.8) is 0 Å². The van der Waals surface area contributed by atoms with Crippen LogP contribution >= 0.6 is 11.6 Å². The Hall–Kier alpha value is -2.83. The predicted molar refractivity (Wildman–Crippen MR) is 118 cm³/mol. The highest BCUT2D eigenvalue weighted by molar-refractivity contribution is 6.33. The van der Waals surface area contributed by atoms with Crippen molar-refractivity contribution in [1.29, 1.82) is 0 Å². The SMILES string of the molecule is COc1c(Cc2ccc(-n3cccn3)cc2)cc2c(c1Cl)CN([C@@H]1CCC[C@H]1O)C2=O. The molecule has 2 heterocycles. The minimum Gasteiger partial charge on any atom is -0.495 e. The van der Waals surface area contributed by atoms with Crippen molar-refractivity contribution < 1.29 is 14.6 Å².